The summed E-state index contributed by atoms with van der Waals surface area (Å²) in [5, 5.41) is 12.1. The van der Waals surface area contributed by atoms with Crippen molar-refractivity contribution in [2.24, 2.45) is 0 Å². The number of amides is 1. The van der Waals surface area contributed by atoms with E-state index in [1.54, 1.807) is 6.92 Å². The van der Waals surface area contributed by atoms with E-state index in [1.807, 2.05) is 0 Å². The number of hydrogen-bond donors (Lipinski definition) is 2. The normalized spacial score (nSPS) is 12.5. The van der Waals surface area contributed by atoms with Crippen LogP contribution in [0.15, 0.2) is 48.8 Å². The molecule has 2 aromatic carbocycles. The first-order valence-electron chi connectivity index (χ1n) is 8.95. The minimum Gasteiger partial charge on any atom is -0.379 e. The number of nitrogens with one attached hydrogen (secondary N) is 1. The van der Waals surface area contributed by atoms with Crippen LogP contribution in [0.3, 0.4) is 0 Å². The molecule has 0 fully saturated rings. The van der Waals surface area contributed by atoms with Gasteiger partial charge in [-0.05, 0) is 48.4 Å². The number of aromatic nitrogens is 2. The second-order valence-corrected chi connectivity index (χ2v) is 6.74. The predicted octanol–water partition coefficient (Wildman–Crippen LogP) is 4.26. The van der Waals surface area contributed by atoms with E-state index in [9.17, 15) is 31.9 Å². The molecule has 162 valence electrons. The molecule has 0 aliphatic rings. The summed E-state index contributed by atoms with van der Waals surface area (Å²) in [6, 6.07) is 5.45. The molecule has 1 unspecified atom stereocenters. The van der Waals surface area contributed by atoms with Gasteiger partial charge in [0.15, 0.2) is 6.10 Å². The zero-order chi connectivity index (χ0) is 22.8. The number of hydrogen-bond acceptors (Lipinski definition) is 4. The van der Waals surface area contributed by atoms with E-state index in [2.05, 4.69) is 15.3 Å². The largest absolute Gasteiger partial charge is 0.418 e. The van der Waals surface area contributed by atoms with Crippen molar-refractivity contribution in [2.75, 3.05) is 0 Å². The van der Waals surface area contributed by atoms with Crippen LogP contribution >= 0.6 is 0 Å². The van der Waals surface area contributed by atoms with E-state index in [0.29, 0.717) is 17.5 Å². The Kier molecular flexibility index (Phi) is 6.30. The van der Waals surface area contributed by atoms with Crippen molar-refractivity contribution in [1.82, 2.24) is 15.3 Å². The van der Waals surface area contributed by atoms with Crippen LogP contribution in [0.25, 0.3) is 11.1 Å². The van der Waals surface area contributed by atoms with Crippen LogP contribution in [0, 0.1) is 18.6 Å². The quantitative estimate of drug-likeness (QED) is 0.585. The Morgan fingerprint density at radius 2 is 1.84 bits per heavy atom. The number of aliphatic hydroxyl groups excluding tert-OH is 1. The molecule has 0 radical (unpaired) electrons. The van der Waals surface area contributed by atoms with Gasteiger partial charge in [-0.15, -0.1) is 0 Å². The number of alkyl halides is 3. The molecule has 0 aliphatic carbocycles. The molecule has 1 aromatic heterocycles. The second-order valence-electron chi connectivity index (χ2n) is 6.74. The van der Waals surface area contributed by atoms with Crippen LogP contribution in [-0.4, -0.2) is 27.2 Å². The second kappa shape index (κ2) is 8.76. The standard InChI is InChI=1S/C21H16F5N3O2/c1-11-8-28-16(9-27-11)10-29-20(31)14-5-12(17-3-2-15(22)7-18(17)23)4-13(6-14)19(30)21(24,25)26/h2-9,19,30H,10H2,1H3,(H,29,31). The minimum atomic E-state index is -5.01. The van der Waals surface area contributed by atoms with Crippen LogP contribution in [0.4, 0.5) is 22.0 Å². The van der Waals surface area contributed by atoms with Crippen molar-refractivity contribution >= 4 is 5.91 Å². The Bertz CT molecular complexity index is 1100. The molecule has 0 saturated heterocycles. The Morgan fingerprint density at radius 1 is 1.10 bits per heavy atom. The van der Waals surface area contributed by atoms with Crippen molar-refractivity contribution in [2.45, 2.75) is 25.7 Å². The van der Waals surface area contributed by atoms with Crippen molar-refractivity contribution < 1.29 is 31.9 Å². The van der Waals surface area contributed by atoms with E-state index in [1.165, 1.54) is 12.4 Å². The highest BCUT2D eigenvalue weighted by Gasteiger charge is 2.39. The molecule has 3 rings (SSSR count). The predicted molar refractivity (Wildman–Crippen MR) is 101 cm³/mol. The SMILES string of the molecule is Cc1cnc(CNC(=O)c2cc(-c3ccc(F)cc3F)cc(C(O)C(F)(F)F)c2)cn1. The molecule has 1 heterocycles. The van der Waals surface area contributed by atoms with Crippen molar-refractivity contribution in [3.63, 3.8) is 0 Å². The third kappa shape index (κ3) is 5.40. The van der Waals surface area contributed by atoms with Gasteiger partial charge in [-0.2, -0.15) is 13.2 Å². The zero-order valence-corrected chi connectivity index (χ0v) is 16.0. The van der Waals surface area contributed by atoms with Gasteiger partial charge in [-0.1, -0.05) is 0 Å². The number of carbonyl (C=O) groups excluding carboxylic acids is 1. The Labute approximate surface area is 173 Å². The highest BCUT2D eigenvalue weighted by Crippen LogP contribution is 2.35. The minimum absolute atomic E-state index is 0.0571. The third-order valence-electron chi connectivity index (χ3n) is 4.35. The first-order chi connectivity index (χ1) is 14.5. The lowest BCUT2D eigenvalue weighted by Gasteiger charge is -2.17. The zero-order valence-electron chi connectivity index (χ0n) is 16.0. The summed E-state index contributed by atoms with van der Waals surface area (Å²) in [6.07, 6.45) is -4.99. The van der Waals surface area contributed by atoms with E-state index in [0.717, 1.165) is 30.3 Å². The lowest BCUT2D eigenvalue weighted by Crippen LogP contribution is -2.25. The summed E-state index contributed by atoms with van der Waals surface area (Å²) < 4.78 is 66.6. The Morgan fingerprint density at radius 3 is 2.45 bits per heavy atom. The van der Waals surface area contributed by atoms with Gasteiger partial charge in [0, 0.05) is 23.4 Å². The molecule has 2 N–H and O–H groups in total. The fraction of sp³-hybridized carbons (Fsp3) is 0.190. The smallest absolute Gasteiger partial charge is 0.379 e. The fourth-order valence-electron chi connectivity index (χ4n) is 2.79. The molecule has 0 bridgehead atoms. The third-order valence-corrected chi connectivity index (χ3v) is 4.35. The first-order valence-corrected chi connectivity index (χ1v) is 8.95. The maximum Gasteiger partial charge on any atom is 0.418 e. The summed E-state index contributed by atoms with van der Waals surface area (Å²) in [5.74, 6) is -2.67. The molecule has 0 saturated carbocycles. The molecular formula is C21H16F5N3O2. The van der Waals surface area contributed by atoms with E-state index >= 15 is 0 Å². The highest BCUT2D eigenvalue weighted by molar-refractivity contribution is 5.95. The summed E-state index contributed by atoms with van der Waals surface area (Å²) >= 11 is 0. The monoisotopic (exact) mass is 437 g/mol. The van der Waals surface area contributed by atoms with Crippen molar-refractivity contribution in [3.05, 3.63) is 82.9 Å². The van der Waals surface area contributed by atoms with Crippen molar-refractivity contribution in [3.8, 4) is 11.1 Å². The number of benzene rings is 2. The molecular weight excluding hydrogens is 421 g/mol. The summed E-state index contributed by atoms with van der Waals surface area (Å²) in [5.41, 5.74) is -0.187. The molecule has 5 nitrogen and oxygen atoms in total. The van der Waals surface area contributed by atoms with Gasteiger partial charge < -0.3 is 10.4 Å². The van der Waals surface area contributed by atoms with Gasteiger partial charge in [0.25, 0.3) is 5.91 Å². The number of nitrogens with zero attached hydrogens (tertiary/aromatic N) is 2. The van der Waals surface area contributed by atoms with Gasteiger partial charge >= 0.3 is 6.18 Å². The number of aliphatic hydroxyl groups is 1. The Hall–Kier alpha value is -3.40. The molecule has 10 heteroatoms. The van der Waals surface area contributed by atoms with Crippen molar-refractivity contribution in [1.29, 1.82) is 0 Å². The molecule has 31 heavy (non-hydrogen) atoms. The average Bonchev–Trinajstić information content (AvgIpc) is 2.71. The first kappa shape index (κ1) is 22.3. The van der Waals surface area contributed by atoms with Gasteiger partial charge in [0.05, 0.1) is 24.1 Å². The van der Waals surface area contributed by atoms with Crippen LogP contribution in [0.2, 0.25) is 0 Å². The average molecular weight is 437 g/mol. The number of halogens is 5. The lowest BCUT2D eigenvalue weighted by molar-refractivity contribution is -0.206. The van der Waals surface area contributed by atoms with Gasteiger partial charge in [0.1, 0.15) is 11.6 Å². The molecule has 0 aliphatic heterocycles. The van der Waals surface area contributed by atoms with E-state index in [-0.39, 0.29) is 23.2 Å². The molecule has 3 aromatic rings. The Balaban J connectivity index is 1.97. The fourth-order valence-corrected chi connectivity index (χ4v) is 2.79. The van der Waals surface area contributed by atoms with E-state index < -0.39 is 35.4 Å². The van der Waals surface area contributed by atoms with Crippen LogP contribution in [-0.2, 0) is 6.54 Å². The summed E-state index contributed by atoms with van der Waals surface area (Å²) in [6.45, 7) is 1.67. The summed E-state index contributed by atoms with van der Waals surface area (Å²) in [4.78, 5) is 20.6. The number of rotatable bonds is 5. The van der Waals surface area contributed by atoms with Gasteiger partial charge in [-0.25, -0.2) is 8.78 Å². The van der Waals surface area contributed by atoms with Crippen LogP contribution in [0.1, 0.15) is 33.4 Å². The topological polar surface area (TPSA) is 75.1 Å². The highest BCUT2D eigenvalue weighted by atomic mass is 19.4. The number of carbonyl (C=O) groups is 1. The van der Waals surface area contributed by atoms with E-state index in [4.69, 9.17) is 0 Å². The summed E-state index contributed by atoms with van der Waals surface area (Å²) in [7, 11) is 0. The maximum absolute atomic E-state index is 14.2. The van der Waals surface area contributed by atoms with Crippen LogP contribution < -0.4 is 5.32 Å². The van der Waals surface area contributed by atoms with Crippen LogP contribution in [0.5, 0.6) is 0 Å². The molecule has 0 spiro atoms. The van der Waals surface area contributed by atoms with Gasteiger partial charge in [-0.3, -0.25) is 14.8 Å². The molecule has 1 amide bonds. The number of aryl methyl sites for hydroxylation is 1. The van der Waals surface area contributed by atoms with Gasteiger partial charge in [0.2, 0.25) is 0 Å². The lowest BCUT2D eigenvalue weighted by atomic mass is 9.96. The molecule has 1 atom stereocenters. The maximum atomic E-state index is 14.2.